The van der Waals surface area contributed by atoms with Crippen molar-refractivity contribution < 1.29 is 14.6 Å². The molecule has 0 atom stereocenters. The number of anilines is 1. The van der Waals surface area contributed by atoms with Crippen LogP contribution in [0.4, 0.5) is 5.69 Å². The fourth-order valence-electron chi connectivity index (χ4n) is 1.49. The number of hydrogen-bond acceptors (Lipinski definition) is 3. The number of carbonyl (C=O) groups is 1. The van der Waals surface area contributed by atoms with Gasteiger partial charge in [-0.15, -0.1) is 0 Å². The van der Waals surface area contributed by atoms with Crippen LogP contribution < -0.4 is 10.5 Å². The van der Waals surface area contributed by atoms with Crippen molar-refractivity contribution in [1.82, 2.24) is 0 Å². The highest BCUT2D eigenvalue weighted by Gasteiger charge is 2.22. The van der Waals surface area contributed by atoms with Crippen LogP contribution in [0.1, 0.15) is 18.4 Å². The third-order valence-corrected chi connectivity index (χ3v) is 3.01. The normalized spacial score (nSPS) is 14.9. The molecule has 0 amide bonds. The van der Waals surface area contributed by atoms with Crippen LogP contribution in [0.3, 0.4) is 0 Å². The Balaban J connectivity index is 2.17. The summed E-state index contributed by atoms with van der Waals surface area (Å²) in [6, 6.07) is 3.24. The van der Waals surface area contributed by atoms with E-state index in [4.69, 9.17) is 27.2 Å². The second-order valence-corrected chi connectivity index (χ2v) is 4.74. The SMILES string of the molecule is Nc1cc(Cl)c(OCC2CC2)cc1/C=C/C(=O)O. The van der Waals surface area contributed by atoms with Gasteiger partial charge in [-0.05, 0) is 37.0 Å². The topological polar surface area (TPSA) is 72.5 Å². The Morgan fingerprint density at radius 1 is 1.56 bits per heavy atom. The van der Waals surface area contributed by atoms with Gasteiger partial charge in [0.1, 0.15) is 5.75 Å². The largest absolute Gasteiger partial charge is 0.492 e. The highest BCUT2D eigenvalue weighted by Crippen LogP contribution is 2.34. The Morgan fingerprint density at radius 3 is 2.89 bits per heavy atom. The molecule has 1 aromatic rings. The Morgan fingerprint density at radius 2 is 2.28 bits per heavy atom. The van der Waals surface area contributed by atoms with Crippen LogP contribution in [-0.4, -0.2) is 17.7 Å². The van der Waals surface area contributed by atoms with Crippen molar-refractivity contribution in [2.24, 2.45) is 5.92 Å². The molecule has 3 N–H and O–H groups in total. The van der Waals surface area contributed by atoms with Gasteiger partial charge in [0.25, 0.3) is 0 Å². The number of halogens is 1. The summed E-state index contributed by atoms with van der Waals surface area (Å²) in [4.78, 5) is 10.5. The molecule has 18 heavy (non-hydrogen) atoms. The van der Waals surface area contributed by atoms with Crippen molar-refractivity contribution in [3.8, 4) is 5.75 Å². The molecular weight excluding hydrogens is 254 g/mol. The van der Waals surface area contributed by atoms with Crippen LogP contribution in [0, 0.1) is 5.92 Å². The Hall–Kier alpha value is -1.68. The van der Waals surface area contributed by atoms with Gasteiger partial charge in [0, 0.05) is 17.3 Å². The maximum atomic E-state index is 10.5. The molecule has 2 rings (SSSR count). The number of nitrogen functional groups attached to an aromatic ring is 1. The Kier molecular flexibility index (Phi) is 3.77. The smallest absolute Gasteiger partial charge is 0.328 e. The molecule has 1 aromatic carbocycles. The van der Waals surface area contributed by atoms with Crippen molar-refractivity contribution in [2.45, 2.75) is 12.8 Å². The molecule has 0 aromatic heterocycles. The first-order chi connectivity index (χ1) is 8.56. The van der Waals surface area contributed by atoms with E-state index in [0.717, 1.165) is 6.08 Å². The van der Waals surface area contributed by atoms with Crippen LogP contribution in [0.15, 0.2) is 18.2 Å². The van der Waals surface area contributed by atoms with E-state index < -0.39 is 5.97 Å². The first kappa shape index (κ1) is 12.8. The summed E-state index contributed by atoms with van der Waals surface area (Å²) in [7, 11) is 0. The predicted molar refractivity (Wildman–Crippen MR) is 70.8 cm³/mol. The minimum absolute atomic E-state index is 0.427. The van der Waals surface area contributed by atoms with Crippen molar-refractivity contribution in [3.05, 3.63) is 28.8 Å². The summed E-state index contributed by atoms with van der Waals surface area (Å²) < 4.78 is 5.59. The van der Waals surface area contributed by atoms with Gasteiger partial charge in [-0.25, -0.2) is 4.79 Å². The average molecular weight is 268 g/mol. The maximum absolute atomic E-state index is 10.5. The quantitative estimate of drug-likeness (QED) is 0.636. The van der Waals surface area contributed by atoms with Gasteiger partial charge in [0.15, 0.2) is 0 Å². The fourth-order valence-corrected chi connectivity index (χ4v) is 1.72. The summed E-state index contributed by atoms with van der Waals surface area (Å²) >= 11 is 6.02. The molecule has 5 heteroatoms. The molecule has 1 saturated carbocycles. The van der Waals surface area contributed by atoms with E-state index in [1.807, 2.05) is 0 Å². The number of carboxylic acids is 1. The summed E-state index contributed by atoms with van der Waals surface area (Å²) in [5.74, 6) is 0.143. The minimum atomic E-state index is -1.02. The zero-order valence-electron chi connectivity index (χ0n) is 9.73. The fraction of sp³-hybridized carbons (Fsp3) is 0.308. The van der Waals surface area contributed by atoms with Crippen molar-refractivity contribution in [3.63, 3.8) is 0 Å². The lowest BCUT2D eigenvalue weighted by Crippen LogP contribution is -2.01. The van der Waals surface area contributed by atoms with Gasteiger partial charge in [-0.2, -0.15) is 0 Å². The standard InChI is InChI=1S/C13H14ClNO3/c14-10-6-11(15)9(3-4-13(16)17)5-12(10)18-7-8-1-2-8/h3-6,8H,1-2,7,15H2,(H,16,17)/b4-3+. The molecule has 96 valence electrons. The first-order valence-electron chi connectivity index (χ1n) is 5.69. The van der Waals surface area contributed by atoms with Crippen LogP contribution >= 0.6 is 11.6 Å². The van der Waals surface area contributed by atoms with E-state index in [9.17, 15) is 4.79 Å². The van der Waals surface area contributed by atoms with E-state index >= 15 is 0 Å². The summed E-state index contributed by atoms with van der Waals surface area (Å²) in [5.41, 5.74) is 6.78. The molecule has 0 heterocycles. The molecule has 0 radical (unpaired) electrons. The van der Waals surface area contributed by atoms with Gasteiger partial charge in [0.05, 0.1) is 11.6 Å². The number of rotatable bonds is 5. The molecule has 1 aliphatic carbocycles. The third-order valence-electron chi connectivity index (χ3n) is 2.71. The predicted octanol–water partition coefficient (Wildman–Crippen LogP) is 2.81. The maximum Gasteiger partial charge on any atom is 0.328 e. The van der Waals surface area contributed by atoms with Crippen LogP contribution in [0.25, 0.3) is 6.08 Å². The molecule has 0 saturated heterocycles. The number of nitrogens with two attached hydrogens (primary N) is 1. The average Bonchev–Trinajstić information content (AvgIpc) is 3.10. The lowest BCUT2D eigenvalue weighted by atomic mass is 10.1. The van der Waals surface area contributed by atoms with Crippen molar-refractivity contribution in [1.29, 1.82) is 0 Å². The first-order valence-corrected chi connectivity index (χ1v) is 6.07. The van der Waals surface area contributed by atoms with Gasteiger partial charge in [-0.1, -0.05) is 11.6 Å². The summed E-state index contributed by atoms with van der Waals surface area (Å²) in [6.45, 7) is 0.645. The highest BCUT2D eigenvalue weighted by molar-refractivity contribution is 6.32. The van der Waals surface area contributed by atoms with E-state index in [2.05, 4.69) is 0 Å². The van der Waals surface area contributed by atoms with Crippen LogP contribution in [0.5, 0.6) is 5.75 Å². The third kappa shape index (κ3) is 3.40. The molecule has 0 bridgehead atoms. The van der Waals surface area contributed by atoms with Crippen LogP contribution in [0.2, 0.25) is 5.02 Å². The zero-order chi connectivity index (χ0) is 13.1. The number of ether oxygens (including phenoxy) is 1. The van der Waals surface area contributed by atoms with E-state index in [-0.39, 0.29) is 0 Å². The molecule has 0 spiro atoms. The second kappa shape index (κ2) is 5.31. The molecular formula is C13H14ClNO3. The number of benzene rings is 1. The second-order valence-electron chi connectivity index (χ2n) is 4.34. The molecule has 0 unspecified atom stereocenters. The van der Waals surface area contributed by atoms with E-state index in [1.54, 1.807) is 12.1 Å². The lowest BCUT2D eigenvalue weighted by molar-refractivity contribution is -0.131. The zero-order valence-corrected chi connectivity index (χ0v) is 10.5. The number of carboxylic acid groups (broad SMARTS) is 1. The monoisotopic (exact) mass is 267 g/mol. The molecule has 4 nitrogen and oxygen atoms in total. The molecule has 1 fully saturated rings. The summed E-state index contributed by atoms with van der Waals surface area (Å²) in [6.07, 6.45) is 4.85. The summed E-state index contributed by atoms with van der Waals surface area (Å²) in [5, 5.41) is 9.03. The molecule has 0 aliphatic heterocycles. The van der Waals surface area contributed by atoms with Crippen molar-refractivity contribution in [2.75, 3.05) is 12.3 Å². The molecule has 1 aliphatic rings. The van der Waals surface area contributed by atoms with Gasteiger partial charge in [-0.3, -0.25) is 0 Å². The van der Waals surface area contributed by atoms with Crippen molar-refractivity contribution >= 4 is 29.3 Å². The Labute approximate surface area is 110 Å². The number of aliphatic carboxylic acids is 1. The van der Waals surface area contributed by atoms with Gasteiger partial charge >= 0.3 is 5.97 Å². The van der Waals surface area contributed by atoms with E-state index in [1.165, 1.54) is 18.9 Å². The van der Waals surface area contributed by atoms with E-state index in [0.29, 0.717) is 34.5 Å². The lowest BCUT2D eigenvalue weighted by Gasteiger charge is -2.10. The minimum Gasteiger partial charge on any atom is -0.492 e. The number of hydrogen-bond donors (Lipinski definition) is 2. The highest BCUT2D eigenvalue weighted by atomic mass is 35.5. The van der Waals surface area contributed by atoms with Gasteiger partial charge in [0.2, 0.25) is 0 Å². The van der Waals surface area contributed by atoms with Crippen LogP contribution in [-0.2, 0) is 4.79 Å². The Bertz CT molecular complexity index is 495. The van der Waals surface area contributed by atoms with Gasteiger partial charge < -0.3 is 15.6 Å².